The molecule has 19 heavy (non-hydrogen) atoms. The summed E-state index contributed by atoms with van der Waals surface area (Å²) in [6, 6.07) is 8.46. The Kier molecular flexibility index (Phi) is 5.44. The first-order valence-electron chi connectivity index (χ1n) is 7.16. The summed E-state index contributed by atoms with van der Waals surface area (Å²) in [5.41, 5.74) is 2.52. The Morgan fingerprint density at radius 3 is 2.58 bits per heavy atom. The highest BCUT2D eigenvalue weighted by Gasteiger charge is 2.20. The maximum Gasteiger partial charge on any atom is 0.0678 e. The molecular weight excluding hydrogens is 234 g/mol. The van der Waals surface area contributed by atoms with Crippen LogP contribution in [0.4, 0.5) is 0 Å². The third-order valence-corrected chi connectivity index (χ3v) is 3.78. The normalized spacial score (nSPS) is 17.6. The number of aliphatic hydroxyl groups is 1. The van der Waals surface area contributed by atoms with Gasteiger partial charge in [0.1, 0.15) is 0 Å². The van der Waals surface area contributed by atoms with Crippen LogP contribution in [0.15, 0.2) is 24.3 Å². The lowest BCUT2D eigenvalue weighted by molar-refractivity contribution is 0.0932. The summed E-state index contributed by atoms with van der Waals surface area (Å²) in [5.74, 6) is 6.72. The molecule has 1 aromatic carbocycles. The van der Waals surface area contributed by atoms with Crippen molar-refractivity contribution in [2.75, 3.05) is 13.1 Å². The van der Waals surface area contributed by atoms with Crippen LogP contribution in [-0.4, -0.2) is 24.3 Å². The summed E-state index contributed by atoms with van der Waals surface area (Å²) >= 11 is 0. The molecule has 2 nitrogen and oxygen atoms in total. The van der Waals surface area contributed by atoms with Gasteiger partial charge in [0.2, 0.25) is 0 Å². The summed E-state index contributed by atoms with van der Waals surface area (Å²) in [5, 5.41) is 13.4. The van der Waals surface area contributed by atoms with E-state index in [1.807, 2.05) is 0 Å². The Hall–Kier alpha value is -1.30. The van der Waals surface area contributed by atoms with Crippen molar-refractivity contribution in [3.8, 4) is 11.8 Å². The average molecular weight is 257 g/mol. The highest BCUT2D eigenvalue weighted by Crippen LogP contribution is 2.18. The smallest absolute Gasteiger partial charge is 0.0678 e. The van der Waals surface area contributed by atoms with Crippen molar-refractivity contribution in [1.29, 1.82) is 0 Å². The van der Waals surface area contributed by atoms with Crippen molar-refractivity contribution < 1.29 is 5.11 Å². The Morgan fingerprint density at radius 1 is 1.21 bits per heavy atom. The van der Waals surface area contributed by atoms with Crippen molar-refractivity contribution in [1.82, 2.24) is 5.32 Å². The first-order chi connectivity index (χ1) is 9.25. The molecule has 0 amide bonds. The molecule has 1 atom stereocenters. The summed E-state index contributed by atoms with van der Waals surface area (Å²) in [4.78, 5) is 0. The topological polar surface area (TPSA) is 32.3 Å². The van der Waals surface area contributed by atoms with Crippen LogP contribution >= 0.6 is 0 Å². The van der Waals surface area contributed by atoms with Crippen molar-refractivity contribution in [3.05, 3.63) is 35.4 Å². The van der Waals surface area contributed by atoms with Crippen LogP contribution in [0, 0.1) is 24.7 Å². The Labute approximate surface area is 116 Å². The van der Waals surface area contributed by atoms with Gasteiger partial charge in [-0.15, -0.1) is 5.92 Å². The molecule has 1 heterocycles. The van der Waals surface area contributed by atoms with Gasteiger partial charge in [-0.3, -0.25) is 0 Å². The standard InChI is InChI=1S/C17H23NO/c1-14-6-8-15(9-7-14)4-2-3-5-17(19)16-10-12-18-13-11-16/h6-9,16-19H,4-5,10-13H2,1H3. The van der Waals surface area contributed by atoms with E-state index in [0.29, 0.717) is 12.3 Å². The van der Waals surface area contributed by atoms with Crippen LogP contribution in [0.1, 0.15) is 30.4 Å². The lowest BCUT2D eigenvalue weighted by Gasteiger charge is -2.25. The van der Waals surface area contributed by atoms with Crippen molar-refractivity contribution in [3.63, 3.8) is 0 Å². The minimum Gasteiger partial charge on any atom is -0.392 e. The maximum atomic E-state index is 10.1. The summed E-state index contributed by atoms with van der Waals surface area (Å²) in [7, 11) is 0. The monoisotopic (exact) mass is 257 g/mol. The highest BCUT2D eigenvalue weighted by atomic mass is 16.3. The molecule has 2 heteroatoms. The summed E-state index contributed by atoms with van der Waals surface area (Å²) in [6.45, 7) is 4.14. The van der Waals surface area contributed by atoms with Gasteiger partial charge in [-0.1, -0.05) is 35.7 Å². The number of piperidine rings is 1. The molecule has 1 fully saturated rings. The van der Waals surface area contributed by atoms with Crippen molar-refractivity contribution >= 4 is 0 Å². The van der Waals surface area contributed by atoms with Gasteiger partial charge in [-0.25, -0.2) is 0 Å². The zero-order chi connectivity index (χ0) is 13.5. The van der Waals surface area contributed by atoms with E-state index in [0.717, 1.165) is 32.4 Å². The van der Waals surface area contributed by atoms with E-state index in [1.54, 1.807) is 0 Å². The Morgan fingerprint density at radius 2 is 1.89 bits per heavy atom. The van der Waals surface area contributed by atoms with E-state index < -0.39 is 0 Å². The van der Waals surface area contributed by atoms with Gasteiger partial charge in [-0.2, -0.15) is 0 Å². The second-order valence-corrected chi connectivity index (χ2v) is 5.37. The molecule has 0 radical (unpaired) electrons. The molecule has 0 aliphatic carbocycles. The molecule has 0 spiro atoms. The molecule has 1 aliphatic heterocycles. The first kappa shape index (κ1) is 14.1. The fourth-order valence-corrected chi connectivity index (χ4v) is 2.44. The zero-order valence-electron chi connectivity index (χ0n) is 11.7. The van der Waals surface area contributed by atoms with Gasteiger partial charge < -0.3 is 10.4 Å². The number of aryl methyl sites for hydroxylation is 1. The predicted molar refractivity (Wildman–Crippen MR) is 78.9 cm³/mol. The van der Waals surface area contributed by atoms with E-state index in [1.165, 1.54) is 11.1 Å². The minimum absolute atomic E-state index is 0.257. The van der Waals surface area contributed by atoms with Crippen LogP contribution in [0.3, 0.4) is 0 Å². The van der Waals surface area contributed by atoms with Crippen molar-refractivity contribution in [2.45, 2.75) is 38.7 Å². The van der Waals surface area contributed by atoms with Gasteiger partial charge in [0.15, 0.2) is 0 Å². The maximum absolute atomic E-state index is 10.1. The largest absolute Gasteiger partial charge is 0.392 e. The lowest BCUT2D eigenvalue weighted by atomic mass is 9.90. The zero-order valence-corrected chi connectivity index (χ0v) is 11.7. The number of hydrogen-bond acceptors (Lipinski definition) is 2. The van der Waals surface area contributed by atoms with Gasteiger partial charge in [-0.05, 0) is 44.3 Å². The van der Waals surface area contributed by atoms with E-state index in [-0.39, 0.29) is 6.10 Å². The van der Waals surface area contributed by atoms with Gasteiger partial charge in [0.25, 0.3) is 0 Å². The van der Waals surface area contributed by atoms with Gasteiger partial charge in [0.05, 0.1) is 6.10 Å². The second-order valence-electron chi connectivity index (χ2n) is 5.37. The Bertz CT molecular complexity index is 435. The first-order valence-corrected chi connectivity index (χ1v) is 7.16. The second kappa shape index (κ2) is 7.33. The number of benzene rings is 1. The minimum atomic E-state index is -0.257. The molecule has 1 aromatic rings. The molecule has 102 valence electrons. The molecular formula is C17H23NO. The van der Waals surface area contributed by atoms with E-state index in [2.05, 4.69) is 48.3 Å². The predicted octanol–water partition coefficient (Wildman–Crippen LogP) is 2.29. The van der Waals surface area contributed by atoms with E-state index >= 15 is 0 Å². The third kappa shape index (κ3) is 4.70. The average Bonchev–Trinajstić information content (AvgIpc) is 2.46. The number of nitrogens with one attached hydrogen (secondary N) is 1. The fraction of sp³-hybridized carbons (Fsp3) is 0.529. The molecule has 2 rings (SSSR count). The number of aliphatic hydroxyl groups excluding tert-OH is 1. The highest BCUT2D eigenvalue weighted by molar-refractivity contribution is 5.25. The fourth-order valence-electron chi connectivity index (χ4n) is 2.44. The lowest BCUT2D eigenvalue weighted by Crippen LogP contribution is -2.33. The van der Waals surface area contributed by atoms with E-state index in [4.69, 9.17) is 0 Å². The molecule has 1 aliphatic rings. The van der Waals surface area contributed by atoms with Gasteiger partial charge >= 0.3 is 0 Å². The summed E-state index contributed by atoms with van der Waals surface area (Å²) in [6.07, 6.45) is 3.27. The van der Waals surface area contributed by atoms with Gasteiger partial charge in [0, 0.05) is 12.8 Å². The molecule has 0 aromatic heterocycles. The molecule has 0 bridgehead atoms. The van der Waals surface area contributed by atoms with Crippen LogP contribution in [-0.2, 0) is 6.42 Å². The van der Waals surface area contributed by atoms with Crippen molar-refractivity contribution in [2.24, 2.45) is 5.92 Å². The summed E-state index contributed by atoms with van der Waals surface area (Å²) < 4.78 is 0. The number of rotatable bonds is 3. The quantitative estimate of drug-likeness (QED) is 0.814. The molecule has 1 saturated heterocycles. The SMILES string of the molecule is Cc1ccc(CC#CCC(O)C2CCNCC2)cc1. The third-order valence-electron chi connectivity index (χ3n) is 3.78. The molecule has 0 saturated carbocycles. The number of hydrogen-bond donors (Lipinski definition) is 2. The van der Waals surface area contributed by atoms with Crippen LogP contribution < -0.4 is 5.32 Å². The molecule has 1 unspecified atom stereocenters. The van der Waals surface area contributed by atoms with E-state index in [9.17, 15) is 5.11 Å². The van der Waals surface area contributed by atoms with Crippen LogP contribution in [0.25, 0.3) is 0 Å². The van der Waals surface area contributed by atoms with Crippen LogP contribution in [0.2, 0.25) is 0 Å². The Balaban J connectivity index is 1.75. The van der Waals surface area contributed by atoms with Crippen LogP contribution in [0.5, 0.6) is 0 Å². The molecule has 2 N–H and O–H groups in total.